The van der Waals surface area contributed by atoms with Gasteiger partial charge in [0.05, 0.1) is 11.5 Å². The topological polar surface area (TPSA) is 18.5 Å². The molecule has 0 fully saturated rings. The lowest BCUT2D eigenvalue weighted by Gasteiger charge is -2.37. The molecule has 5 unspecified atom stereocenters. The Labute approximate surface area is 148 Å². The molecule has 21 heavy (non-hydrogen) atoms. The summed E-state index contributed by atoms with van der Waals surface area (Å²) in [6.45, 7) is 4.25. The molecule has 2 aliphatic rings. The molecule has 5 atom stereocenters. The number of hydrogen-bond acceptors (Lipinski definition) is 2. The van der Waals surface area contributed by atoms with Crippen molar-refractivity contribution in [1.29, 1.82) is 0 Å². The van der Waals surface area contributed by atoms with Crippen LogP contribution in [0.3, 0.4) is 0 Å². The highest BCUT2D eigenvalue weighted by atomic mass is 79.9. The largest absolute Gasteiger partial charge is 0.491 e. The van der Waals surface area contributed by atoms with E-state index in [4.69, 9.17) is 21.1 Å². The minimum absolute atomic E-state index is 0.00880. The minimum Gasteiger partial charge on any atom is -0.491 e. The fourth-order valence-electron chi connectivity index (χ4n) is 2.65. The molecule has 0 radical (unpaired) electrons. The molecule has 2 nitrogen and oxygen atoms in total. The van der Waals surface area contributed by atoms with Crippen molar-refractivity contribution in [2.45, 2.75) is 50.4 Å². The van der Waals surface area contributed by atoms with Crippen molar-refractivity contribution in [3.63, 3.8) is 0 Å². The zero-order valence-electron chi connectivity index (χ0n) is 12.1. The predicted molar refractivity (Wildman–Crippen MR) is 93.9 cm³/mol. The maximum absolute atomic E-state index is 6.37. The molecule has 2 aliphatic heterocycles. The second-order valence-electron chi connectivity index (χ2n) is 5.45. The smallest absolute Gasteiger partial charge is 0.127 e. The monoisotopic (exact) mass is 436 g/mol. The van der Waals surface area contributed by atoms with E-state index in [2.05, 4.69) is 51.4 Å². The molecule has 0 saturated carbocycles. The molecular weight excluding hydrogens is 419 g/mol. The molecule has 2 heterocycles. The maximum Gasteiger partial charge on any atom is 0.127 e. The summed E-state index contributed by atoms with van der Waals surface area (Å²) in [5.74, 6) is 1.35. The maximum atomic E-state index is 6.37. The van der Waals surface area contributed by atoms with Crippen LogP contribution in [0.15, 0.2) is 39.2 Å². The molecule has 0 saturated heterocycles. The van der Waals surface area contributed by atoms with Gasteiger partial charge >= 0.3 is 0 Å². The molecule has 0 spiro atoms. The van der Waals surface area contributed by atoms with E-state index in [1.165, 1.54) is 0 Å². The summed E-state index contributed by atoms with van der Waals surface area (Å²) >= 11 is 13.2. The number of allylic oxidation sites excluding steroid dienone is 3. The third-order valence-corrected chi connectivity index (χ3v) is 5.02. The van der Waals surface area contributed by atoms with E-state index in [1.807, 2.05) is 18.2 Å². The normalized spacial score (nSPS) is 36.5. The zero-order valence-corrected chi connectivity index (χ0v) is 16.0. The number of fused-ring (bicyclic) bond motifs is 2. The lowest BCUT2D eigenvalue weighted by molar-refractivity contribution is -0.0807. The molecule has 0 aromatic rings. The zero-order chi connectivity index (χ0) is 15.4. The second kappa shape index (κ2) is 8.03. The first-order valence-electron chi connectivity index (χ1n) is 7.04. The minimum atomic E-state index is -0.151. The van der Waals surface area contributed by atoms with Crippen molar-refractivity contribution in [3.05, 3.63) is 39.2 Å². The van der Waals surface area contributed by atoms with Crippen LogP contribution in [0.5, 0.6) is 0 Å². The van der Waals surface area contributed by atoms with Gasteiger partial charge < -0.3 is 9.47 Å². The van der Waals surface area contributed by atoms with Gasteiger partial charge in [0, 0.05) is 21.8 Å². The van der Waals surface area contributed by atoms with E-state index >= 15 is 0 Å². The van der Waals surface area contributed by atoms with Crippen molar-refractivity contribution in [2.24, 2.45) is 5.92 Å². The summed E-state index contributed by atoms with van der Waals surface area (Å²) in [4.78, 5) is 1.68. The lowest BCUT2D eigenvalue weighted by atomic mass is 9.93. The third kappa shape index (κ3) is 4.74. The van der Waals surface area contributed by atoms with Gasteiger partial charge in [0.1, 0.15) is 18.0 Å². The van der Waals surface area contributed by atoms with Crippen molar-refractivity contribution in [1.82, 2.24) is 0 Å². The molecule has 0 aromatic carbocycles. The van der Waals surface area contributed by atoms with Gasteiger partial charge in [-0.05, 0) is 19.4 Å². The quantitative estimate of drug-likeness (QED) is 0.309. The Balaban J connectivity index is 2.29. The van der Waals surface area contributed by atoms with Crippen LogP contribution in [-0.4, -0.2) is 23.7 Å². The average Bonchev–Trinajstić information content (AvgIpc) is 2.44. The molecule has 0 amide bonds. The summed E-state index contributed by atoms with van der Waals surface area (Å²) in [6.07, 6.45) is 7.35. The SMILES string of the molecule is CC1CC(Br)=C2CC(Cl)C=CC(C=C=CBr)OC(C)C1O2. The van der Waals surface area contributed by atoms with Crippen LogP contribution in [-0.2, 0) is 9.47 Å². The van der Waals surface area contributed by atoms with E-state index in [-0.39, 0.29) is 23.7 Å². The molecule has 0 aromatic heterocycles. The summed E-state index contributed by atoms with van der Waals surface area (Å²) < 4.78 is 13.4. The van der Waals surface area contributed by atoms with Crippen LogP contribution in [0.2, 0.25) is 0 Å². The summed E-state index contributed by atoms with van der Waals surface area (Å²) in [7, 11) is 0. The standard InChI is InChI=1S/C16H19Br2ClO2/c1-10-8-14(18)15-9-12(19)5-6-13(4-3-7-17)20-11(2)16(10)21-15/h4-7,10-13,16H,8-9H2,1-2H3. The Morgan fingerprint density at radius 2 is 2.10 bits per heavy atom. The first kappa shape index (κ1) is 17.4. The fraction of sp³-hybridized carbons (Fsp3) is 0.562. The van der Waals surface area contributed by atoms with Crippen LogP contribution < -0.4 is 0 Å². The van der Waals surface area contributed by atoms with Gasteiger partial charge in [-0.25, -0.2) is 0 Å². The van der Waals surface area contributed by atoms with Gasteiger partial charge in [0.15, 0.2) is 0 Å². The number of alkyl halides is 1. The number of rotatable bonds is 1. The Bertz CT molecular complexity index is 495. The Hall–Kier alpha value is 0.01000. The van der Waals surface area contributed by atoms with Crippen LogP contribution >= 0.6 is 43.5 Å². The highest BCUT2D eigenvalue weighted by molar-refractivity contribution is 9.11. The first-order chi connectivity index (χ1) is 10.0. The van der Waals surface area contributed by atoms with E-state index in [0.29, 0.717) is 12.3 Å². The van der Waals surface area contributed by atoms with E-state index in [0.717, 1.165) is 16.7 Å². The Kier molecular flexibility index (Phi) is 6.64. The Morgan fingerprint density at radius 3 is 2.81 bits per heavy atom. The van der Waals surface area contributed by atoms with E-state index < -0.39 is 0 Å². The van der Waals surface area contributed by atoms with Crippen LogP contribution in [0, 0.1) is 5.92 Å². The van der Waals surface area contributed by atoms with Crippen molar-refractivity contribution < 1.29 is 9.47 Å². The molecule has 0 aliphatic carbocycles. The van der Waals surface area contributed by atoms with Gasteiger partial charge in [0.25, 0.3) is 0 Å². The number of ether oxygens (including phenoxy) is 2. The molecular formula is C16H19Br2ClO2. The third-order valence-electron chi connectivity index (χ3n) is 3.69. The summed E-state index contributed by atoms with van der Waals surface area (Å²) in [5.41, 5.74) is 3.00. The Morgan fingerprint density at radius 1 is 1.33 bits per heavy atom. The summed E-state index contributed by atoms with van der Waals surface area (Å²) in [6, 6.07) is 0. The van der Waals surface area contributed by atoms with Gasteiger partial charge in [-0.3, -0.25) is 0 Å². The highest BCUT2D eigenvalue weighted by Gasteiger charge is 2.34. The van der Waals surface area contributed by atoms with Crippen LogP contribution in [0.4, 0.5) is 0 Å². The average molecular weight is 439 g/mol. The highest BCUT2D eigenvalue weighted by Crippen LogP contribution is 2.37. The van der Waals surface area contributed by atoms with Gasteiger partial charge in [0.2, 0.25) is 0 Å². The molecule has 2 rings (SSSR count). The number of hydrogen-bond donors (Lipinski definition) is 0. The van der Waals surface area contributed by atoms with E-state index in [9.17, 15) is 0 Å². The van der Waals surface area contributed by atoms with Crippen molar-refractivity contribution in [2.75, 3.05) is 0 Å². The van der Waals surface area contributed by atoms with Gasteiger partial charge in [-0.1, -0.05) is 50.9 Å². The van der Waals surface area contributed by atoms with Crippen molar-refractivity contribution >= 4 is 43.5 Å². The van der Waals surface area contributed by atoms with Gasteiger partial charge in [-0.15, -0.1) is 17.3 Å². The van der Waals surface area contributed by atoms with Crippen LogP contribution in [0.25, 0.3) is 0 Å². The van der Waals surface area contributed by atoms with Crippen molar-refractivity contribution in [3.8, 4) is 0 Å². The lowest BCUT2D eigenvalue weighted by Crippen LogP contribution is -2.39. The predicted octanol–water partition coefficient (Wildman–Crippen LogP) is 5.42. The molecule has 2 bridgehead atoms. The molecule has 5 heteroatoms. The fourth-order valence-corrected chi connectivity index (χ4v) is 3.79. The summed E-state index contributed by atoms with van der Waals surface area (Å²) in [5, 5.41) is -0.109. The van der Waals surface area contributed by atoms with E-state index in [1.54, 1.807) is 4.99 Å². The molecule has 0 N–H and O–H groups in total. The molecule has 116 valence electrons. The van der Waals surface area contributed by atoms with Gasteiger partial charge in [-0.2, -0.15) is 0 Å². The first-order valence-corrected chi connectivity index (χ1v) is 9.19. The number of halogens is 3. The second-order valence-corrected chi connectivity index (χ2v) is 7.42. The van der Waals surface area contributed by atoms with Crippen LogP contribution in [0.1, 0.15) is 26.7 Å².